The highest BCUT2D eigenvalue weighted by Crippen LogP contribution is 2.29. The summed E-state index contributed by atoms with van der Waals surface area (Å²) in [5.41, 5.74) is 3.67. The summed E-state index contributed by atoms with van der Waals surface area (Å²) in [6, 6.07) is 8.66. The molecule has 1 aliphatic rings. The Hall–Kier alpha value is -1.97. The monoisotopic (exact) mass is 286 g/mol. The number of nitrogens with zero attached hydrogens (tertiary/aromatic N) is 1. The summed E-state index contributed by atoms with van der Waals surface area (Å²) in [6.07, 6.45) is 1.95. The fraction of sp³-hybridized carbons (Fsp3) is 0.471. The zero-order valence-electron chi connectivity index (χ0n) is 12.7. The van der Waals surface area contributed by atoms with Crippen molar-refractivity contribution in [3.63, 3.8) is 0 Å². The third-order valence-corrected chi connectivity index (χ3v) is 4.18. The number of fused-ring (bicyclic) bond motifs is 1. The molecule has 1 fully saturated rings. The van der Waals surface area contributed by atoms with Gasteiger partial charge in [0.2, 0.25) is 0 Å². The van der Waals surface area contributed by atoms with Crippen LogP contribution in [-0.2, 0) is 4.74 Å². The number of carbonyl (C=O) groups excluding carboxylic acids is 1. The van der Waals surface area contributed by atoms with Gasteiger partial charge in [0.25, 0.3) is 0 Å². The van der Waals surface area contributed by atoms with E-state index in [1.165, 1.54) is 22.2 Å². The molecule has 112 valence electrons. The predicted octanol–water partition coefficient (Wildman–Crippen LogP) is 3.81. The summed E-state index contributed by atoms with van der Waals surface area (Å²) in [5, 5.41) is 1.25. The van der Waals surface area contributed by atoms with Crippen molar-refractivity contribution in [2.24, 2.45) is 0 Å². The van der Waals surface area contributed by atoms with Gasteiger partial charge in [-0.05, 0) is 50.3 Å². The number of aryl methyl sites for hydroxylation is 1. The van der Waals surface area contributed by atoms with Crippen LogP contribution < -0.4 is 0 Å². The first-order chi connectivity index (χ1) is 10.2. The molecule has 4 heteroatoms. The molecule has 0 bridgehead atoms. The van der Waals surface area contributed by atoms with E-state index in [4.69, 9.17) is 4.74 Å². The number of carbonyl (C=O) groups is 1. The van der Waals surface area contributed by atoms with Gasteiger partial charge < -0.3 is 14.6 Å². The molecule has 0 saturated carbocycles. The van der Waals surface area contributed by atoms with E-state index in [0.29, 0.717) is 12.5 Å². The van der Waals surface area contributed by atoms with Crippen LogP contribution in [0.1, 0.15) is 36.9 Å². The SMILES string of the molecule is CCOC(=O)N1CCCC(c2cc3cc(C)ccc3[nH]2)C1. The van der Waals surface area contributed by atoms with E-state index in [9.17, 15) is 4.79 Å². The molecule has 0 radical (unpaired) electrons. The molecule has 0 aliphatic carbocycles. The van der Waals surface area contributed by atoms with E-state index in [1.807, 2.05) is 11.8 Å². The predicted molar refractivity (Wildman–Crippen MR) is 83.6 cm³/mol. The third kappa shape index (κ3) is 2.89. The molecule has 3 rings (SSSR count). The molecule has 1 atom stereocenters. The lowest BCUT2D eigenvalue weighted by Gasteiger charge is -2.31. The van der Waals surface area contributed by atoms with Gasteiger partial charge in [-0.15, -0.1) is 0 Å². The zero-order valence-corrected chi connectivity index (χ0v) is 12.7. The van der Waals surface area contributed by atoms with Crippen molar-refractivity contribution in [1.82, 2.24) is 9.88 Å². The van der Waals surface area contributed by atoms with E-state index in [1.54, 1.807) is 0 Å². The molecular formula is C17H22N2O2. The molecule has 1 saturated heterocycles. The van der Waals surface area contributed by atoms with Crippen LogP contribution in [0, 0.1) is 6.92 Å². The quantitative estimate of drug-likeness (QED) is 0.912. The minimum absolute atomic E-state index is 0.186. The van der Waals surface area contributed by atoms with Crippen LogP contribution >= 0.6 is 0 Å². The van der Waals surface area contributed by atoms with Crippen molar-refractivity contribution in [2.45, 2.75) is 32.6 Å². The van der Waals surface area contributed by atoms with Crippen molar-refractivity contribution in [2.75, 3.05) is 19.7 Å². The van der Waals surface area contributed by atoms with Crippen LogP contribution in [0.5, 0.6) is 0 Å². The molecule has 2 aromatic rings. The molecule has 0 spiro atoms. The lowest BCUT2D eigenvalue weighted by Crippen LogP contribution is -2.39. The average Bonchev–Trinajstić information content (AvgIpc) is 2.90. The summed E-state index contributed by atoms with van der Waals surface area (Å²) >= 11 is 0. The van der Waals surface area contributed by atoms with E-state index in [2.05, 4.69) is 36.2 Å². The smallest absolute Gasteiger partial charge is 0.409 e. The summed E-state index contributed by atoms with van der Waals surface area (Å²) < 4.78 is 5.12. The highest BCUT2D eigenvalue weighted by Gasteiger charge is 2.26. The van der Waals surface area contributed by atoms with E-state index in [-0.39, 0.29) is 6.09 Å². The molecule has 1 aliphatic heterocycles. The summed E-state index contributed by atoms with van der Waals surface area (Å²) in [6.45, 7) is 5.93. The van der Waals surface area contributed by atoms with E-state index < -0.39 is 0 Å². The Labute approximate surface area is 125 Å². The Morgan fingerprint density at radius 2 is 2.29 bits per heavy atom. The number of ether oxygens (including phenoxy) is 1. The second-order valence-corrected chi connectivity index (χ2v) is 5.80. The first-order valence-electron chi connectivity index (χ1n) is 7.68. The Morgan fingerprint density at radius 1 is 1.43 bits per heavy atom. The number of amides is 1. The fourth-order valence-electron chi connectivity index (χ4n) is 3.11. The Balaban J connectivity index is 1.79. The number of H-pyrrole nitrogens is 1. The number of rotatable bonds is 2. The molecule has 21 heavy (non-hydrogen) atoms. The first kappa shape index (κ1) is 14.0. The Kier molecular flexibility index (Phi) is 3.86. The standard InChI is InChI=1S/C17H22N2O2/c1-3-21-17(20)19-8-4-5-13(11-19)16-10-14-9-12(2)6-7-15(14)18-16/h6-7,9-10,13,18H,3-5,8,11H2,1-2H3. The lowest BCUT2D eigenvalue weighted by atomic mass is 9.95. The molecule has 1 unspecified atom stereocenters. The van der Waals surface area contributed by atoms with Crippen molar-refractivity contribution in [3.05, 3.63) is 35.5 Å². The van der Waals surface area contributed by atoms with Gasteiger partial charge >= 0.3 is 6.09 Å². The van der Waals surface area contributed by atoms with Crippen LogP contribution in [0.4, 0.5) is 4.79 Å². The van der Waals surface area contributed by atoms with E-state index in [0.717, 1.165) is 25.9 Å². The van der Waals surface area contributed by atoms with Crippen LogP contribution in [-0.4, -0.2) is 35.7 Å². The number of hydrogen-bond donors (Lipinski definition) is 1. The first-order valence-corrected chi connectivity index (χ1v) is 7.68. The second-order valence-electron chi connectivity index (χ2n) is 5.80. The summed E-state index contributed by atoms with van der Waals surface area (Å²) in [4.78, 5) is 17.2. The lowest BCUT2D eigenvalue weighted by molar-refractivity contribution is 0.0956. The third-order valence-electron chi connectivity index (χ3n) is 4.18. The number of aromatic nitrogens is 1. The van der Waals surface area contributed by atoms with Gasteiger partial charge in [0, 0.05) is 30.2 Å². The van der Waals surface area contributed by atoms with Crippen molar-refractivity contribution >= 4 is 17.0 Å². The minimum atomic E-state index is -0.186. The number of benzene rings is 1. The molecule has 1 aromatic heterocycles. The van der Waals surface area contributed by atoms with Crippen LogP contribution in [0.3, 0.4) is 0 Å². The Bertz CT molecular complexity index is 647. The number of piperidine rings is 1. The molecule has 1 N–H and O–H groups in total. The summed E-state index contributed by atoms with van der Waals surface area (Å²) in [7, 11) is 0. The van der Waals surface area contributed by atoms with Gasteiger partial charge in [-0.25, -0.2) is 4.79 Å². The maximum Gasteiger partial charge on any atom is 0.409 e. The molecular weight excluding hydrogens is 264 g/mol. The van der Waals surface area contributed by atoms with Crippen molar-refractivity contribution in [1.29, 1.82) is 0 Å². The normalized spacial score (nSPS) is 19.0. The second kappa shape index (κ2) is 5.80. The Morgan fingerprint density at radius 3 is 3.10 bits per heavy atom. The van der Waals surface area contributed by atoms with Gasteiger partial charge in [-0.3, -0.25) is 0 Å². The minimum Gasteiger partial charge on any atom is -0.450 e. The zero-order chi connectivity index (χ0) is 14.8. The molecule has 1 amide bonds. The van der Waals surface area contributed by atoms with Gasteiger partial charge in [0.05, 0.1) is 6.61 Å². The van der Waals surface area contributed by atoms with Crippen molar-refractivity contribution < 1.29 is 9.53 Å². The number of likely N-dealkylation sites (tertiary alicyclic amines) is 1. The van der Waals surface area contributed by atoms with Crippen LogP contribution in [0.25, 0.3) is 10.9 Å². The van der Waals surface area contributed by atoms with Crippen LogP contribution in [0.2, 0.25) is 0 Å². The largest absolute Gasteiger partial charge is 0.450 e. The number of hydrogen-bond acceptors (Lipinski definition) is 2. The number of aromatic amines is 1. The van der Waals surface area contributed by atoms with Gasteiger partial charge in [-0.1, -0.05) is 11.6 Å². The van der Waals surface area contributed by atoms with Crippen molar-refractivity contribution in [3.8, 4) is 0 Å². The molecule has 2 heterocycles. The van der Waals surface area contributed by atoms with Gasteiger partial charge in [0.1, 0.15) is 0 Å². The maximum absolute atomic E-state index is 11.9. The maximum atomic E-state index is 11.9. The van der Waals surface area contributed by atoms with E-state index >= 15 is 0 Å². The van der Waals surface area contributed by atoms with Gasteiger partial charge in [0.15, 0.2) is 0 Å². The molecule has 4 nitrogen and oxygen atoms in total. The van der Waals surface area contributed by atoms with Gasteiger partial charge in [-0.2, -0.15) is 0 Å². The highest BCUT2D eigenvalue weighted by molar-refractivity contribution is 5.81. The average molecular weight is 286 g/mol. The summed E-state index contributed by atoms with van der Waals surface area (Å²) in [5.74, 6) is 0.371. The number of nitrogens with one attached hydrogen (secondary N) is 1. The molecule has 1 aromatic carbocycles. The fourth-order valence-corrected chi connectivity index (χ4v) is 3.11. The topological polar surface area (TPSA) is 45.3 Å². The van der Waals surface area contributed by atoms with Crippen LogP contribution in [0.15, 0.2) is 24.3 Å². The highest BCUT2D eigenvalue weighted by atomic mass is 16.6.